The normalized spacial score (nSPS) is 11.9. The predicted molar refractivity (Wildman–Crippen MR) is 74.5 cm³/mol. The molecule has 3 N–H and O–H groups in total. The summed E-state index contributed by atoms with van der Waals surface area (Å²) in [4.78, 5) is 0. The van der Waals surface area contributed by atoms with Gasteiger partial charge in [-0.1, -0.05) is 24.3 Å². The van der Waals surface area contributed by atoms with Gasteiger partial charge in [0.05, 0.1) is 18.4 Å². The van der Waals surface area contributed by atoms with E-state index in [1.807, 2.05) is 0 Å². The molecule has 0 saturated carbocycles. The van der Waals surface area contributed by atoms with Crippen LogP contribution in [0, 0.1) is 5.82 Å². The Morgan fingerprint density at radius 3 is 2.40 bits per heavy atom. The molecule has 2 aromatic rings. The van der Waals surface area contributed by atoms with E-state index in [0.29, 0.717) is 11.4 Å². The van der Waals surface area contributed by atoms with Gasteiger partial charge >= 0.3 is 0 Å². The van der Waals surface area contributed by atoms with Gasteiger partial charge in [-0.2, -0.15) is 0 Å². The lowest BCUT2D eigenvalue weighted by atomic mass is 10.2. The van der Waals surface area contributed by atoms with Crippen LogP contribution in [0.5, 0.6) is 11.5 Å². The van der Waals surface area contributed by atoms with E-state index in [-0.39, 0.29) is 18.9 Å². The standard InChI is InChI=1S/C15H16FNO3/c16-12-5-1-3-7-14(12)20-15-8-4-2-6-13(15)17-9-11(19)10-18/h1-8,11,17-19H,9-10H2. The van der Waals surface area contributed by atoms with E-state index >= 15 is 0 Å². The molecule has 0 bridgehead atoms. The summed E-state index contributed by atoms with van der Waals surface area (Å²) in [6.07, 6.45) is -0.864. The number of benzene rings is 2. The molecule has 2 aromatic carbocycles. The molecule has 0 saturated heterocycles. The monoisotopic (exact) mass is 277 g/mol. The smallest absolute Gasteiger partial charge is 0.165 e. The van der Waals surface area contributed by atoms with Crippen molar-refractivity contribution in [1.29, 1.82) is 0 Å². The van der Waals surface area contributed by atoms with E-state index in [1.54, 1.807) is 36.4 Å². The number of aliphatic hydroxyl groups excluding tert-OH is 2. The van der Waals surface area contributed by atoms with Crippen LogP contribution in [0.2, 0.25) is 0 Å². The van der Waals surface area contributed by atoms with E-state index in [9.17, 15) is 9.50 Å². The van der Waals surface area contributed by atoms with E-state index in [1.165, 1.54) is 12.1 Å². The van der Waals surface area contributed by atoms with Gasteiger partial charge in [0, 0.05) is 6.54 Å². The average Bonchev–Trinajstić information content (AvgIpc) is 2.48. The van der Waals surface area contributed by atoms with Gasteiger partial charge in [0.1, 0.15) is 0 Å². The first kappa shape index (κ1) is 14.3. The number of hydrogen-bond donors (Lipinski definition) is 3. The van der Waals surface area contributed by atoms with Crippen LogP contribution in [0.1, 0.15) is 0 Å². The van der Waals surface area contributed by atoms with Crippen molar-refractivity contribution in [1.82, 2.24) is 0 Å². The first-order chi connectivity index (χ1) is 9.70. The molecule has 0 amide bonds. The van der Waals surface area contributed by atoms with Gasteiger partial charge in [0.2, 0.25) is 0 Å². The molecule has 1 unspecified atom stereocenters. The zero-order valence-electron chi connectivity index (χ0n) is 10.8. The third-order valence-corrected chi connectivity index (χ3v) is 2.68. The number of aliphatic hydroxyl groups is 2. The molecule has 0 aliphatic heterocycles. The van der Waals surface area contributed by atoms with E-state index in [4.69, 9.17) is 9.84 Å². The van der Waals surface area contributed by atoms with Crippen LogP contribution in [0.4, 0.5) is 10.1 Å². The molecule has 0 aliphatic rings. The first-order valence-corrected chi connectivity index (χ1v) is 6.25. The second-order valence-corrected chi connectivity index (χ2v) is 4.25. The predicted octanol–water partition coefficient (Wildman–Crippen LogP) is 2.38. The molecule has 0 spiro atoms. The van der Waals surface area contributed by atoms with Crippen LogP contribution in [0.15, 0.2) is 48.5 Å². The molecule has 5 heteroatoms. The lowest BCUT2D eigenvalue weighted by molar-refractivity contribution is 0.105. The number of nitrogens with one attached hydrogen (secondary N) is 1. The van der Waals surface area contributed by atoms with Crippen molar-refractivity contribution in [2.24, 2.45) is 0 Å². The third-order valence-electron chi connectivity index (χ3n) is 2.68. The summed E-state index contributed by atoms with van der Waals surface area (Å²) in [5.41, 5.74) is 0.614. The molecule has 0 heterocycles. The Labute approximate surface area is 116 Å². The van der Waals surface area contributed by atoms with Crippen molar-refractivity contribution in [3.05, 3.63) is 54.3 Å². The lowest BCUT2D eigenvalue weighted by Gasteiger charge is -2.14. The van der Waals surface area contributed by atoms with Crippen molar-refractivity contribution in [2.75, 3.05) is 18.5 Å². The largest absolute Gasteiger partial charge is 0.452 e. The zero-order valence-corrected chi connectivity index (χ0v) is 10.8. The number of hydrogen-bond acceptors (Lipinski definition) is 4. The van der Waals surface area contributed by atoms with Crippen LogP contribution < -0.4 is 10.1 Å². The highest BCUT2D eigenvalue weighted by molar-refractivity contribution is 5.57. The highest BCUT2D eigenvalue weighted by Gasteiger charge is 2.09. The molecule has 4 nitrogen and oxygen atoms in total. The number of rotatable bonds is 6. The summed E-state index contributed by atoms with van der Waals surface area (Å²) in [5, 5.41) is 21.1. The highest BCUT2D eigenvalue weighted by Crippen LogP contribution is 2.30. The Morgan fingerprint density at radius 2 is 1.70 bits per heavy atom. The minimum absolute atomic E-state index is 0.129. The summed E-state index contributed by atoms with van der Waals surface area (Å²) >= 11 is 0. The van der Waals surface area contributed by atoms with E-state index in [2.05, 4.69) is 5.32 Å². The zero-order chi connectivity index (χ0) is 14.4. The van der Waals surface area contributed by atoms with Crippen molar-refractivity contribution < 1.29 is 19.3 Å². The average molecular weight is 277 g/mol. The van der Waals surface area contributed by atoms with Crippen LogP contribution in [0.3, 0.4) is 0 Å². The van der Waals surface area contributed by atoms with Crippen LogP contribution in [-0.2, 0) is 0 Å². The summed E-state index contributed by atoms with van der Waals surface area (Å²) < 4.78 is 19.1. The third kappa shape index (κ3) is 3.69. The van der Waals surface area contributed by atoms with Gasteiger partial charge in [0.15, 0.2) is 17.3 Å². The first-order valence-electron chi connectivity index (χ1n) is 6.25. The molecular weight excluding hydrogens is 261 g/mol. The van der Waals surface area contributed by atoms with Crippen molar-refractivity contribution in [2.45, 2.75) is 6.10 Å². The molecule has 2 rings (SSSR count). The topological polar surface area (TPSA) is 61.7 Å². The molecule has 106 valence electrons. The summed E-state index contributed by atoms with van der Waals surface area (Å²) in [6, 6.07) is 13.1. The van der Waals surface area contributed by atoms with Crippen molar-refractivity contribution in [3.63, 3.8) is 0 Å². The second kappa shape index (κ2) is 6.88. The maximum absolute atomic E-state index is 13.6. The highest BCUT2D eigenvalue weighted by atomic mass is 19.1. The Bertz CT molecular complexity index is 562. The fourth-order valence-corrected chi connectivity index (χ4v) is 1.64. The number of anilines is 1. The Kier molecular flexibility index (Phi) is 4.92. The summed E-state index contributed by atoms with van der Waals surface area (Å²) in [7, 11) is 0. The van der Waals surface area contributed by atoms with Gasteiger partial charge in [0.25, 0.3) is 0 Å². The second-order valence-electron chi connectivity index (χ2n) is 4.25. The van der Waals surface area contributed by atoms with Gasteiger partial charge in [-0.3, -0.25) is 0 Å². The van der Waals surface area contributed by atoms with Gasteiger partial charge in [-0.15, -0.1) is 0 Å². The van der Waals surface area contributed by atoms with Gasteiger partial charge in [-0.05, 0) is 24.3 Å². The fraction of sp³-hybridized carbons (Fsp3) is 0.200. The molecule has 0 radical (unpaired) electrons. The van der Waals surface area contributed by atoms with E-state index < -0.39 is 11.9 Å². The SMILES string of the molecule is OCC(O)CNc1ccccc1Oc1ccccc1F. The van der Waals surface area contributed by atoms with Gasteiger partial charge < -0.3 is 20.3 Å². The molecule has 20 heavy (non-hydrogen) atoms. The number of halogens is 1. The minimum Gasteiger partial charge on any atom is -0.452 e. The number of para-hydroxylation sites is 3. The molecule has 0 fully saturated rings. The van der Waals surface area contributed by atoms with Crippen LogP contribution >= 0.6 is 0 Å². The molecule has 0 aliphatic carbocycles. The van der Waals surface area contributed by atoms with Crippen LogP contribution in [-0.4, -0.2) is 29.5 Å². The Hall–Kier alpha value is -2.11. The number of ether oxygens (including phenoxy) is 1. The molecule has 0 aromatic heterocycles. The maximum Gasteiger partial charge on any atom is 0.165 e. The van der Waals surface area contributed by atoms with Gasteiger partial charge in [-0.25, -0.2) is 4.39 Å². The van der Waals surface area contributed by atoms with Crippen molar-refractivity contribution >= 4 is 5.69 Å². The Balaban J connectivity index is 2.14. The lowest BCUT2D eigenvalue weighted by Crippen LogP contribution is -2.23. The quantitative estimate of drug-likeness (QED) is 0.758. The summed E-state index contributed by atoms with van der Waals surface area (Å²) in [5.74, 6) is 0.130. The fourth-order valence-electron chi connectivity index (χ4n) is 1.64. The van der Waals surface area contributed by atoms with Crippen molar-refractivity contribution in [3.8, 4) is 11.5 Å². The summed E-state index contributed by atoms with van der Waals surface area (Å²) in [6.45, 7) is -0.155. The molecule has 1 atom stereocenters. The van der Waals surface area contributed by atoms with E-state index in [0.717, 1.165) is 0 Å². The maximum atomic E-state index is 13.6. The van der Waals surface area contributed by atoms with Crippen LogP contribution in [0.25, 0.3) is 0 Å². The molecular formula is C15H16FNO3. The minimum atomic E-state index is -0.864. The Morgan fingerprint density at radius 1 is 1.05 bits per heavy atom.